The van der Waals surface area contributed by atoms with Crippen LogP contribution < -0.4 is 11.1 Å². The van der Waals surface area contributed by atoms with E-state index in [1.807, 2.05) is 19.1 Å². The molecule has 5 nitrogen and oxygen atoms in total. The molecule has 16 heavy (non-hydrogen) atoms. The average Bonchev–Trinajstić information content (AvgIpc) is 2.23. The summed E-state index contributed by atoms with van der Waals surface area (Å²) in [7, 11) is 1.57. The van der Waals surface area contributed by atoms with Crippen molar-refractivity contribution in [3.05, 3.63) is 17.8 Å². The van der Waals surface area contributed by atoms with Gasteiger partial charge < -0.3 is 20.9 Å². The third-order valence-electron chi connectivity index (χ3n) is 2.19. The summed E-state index contributed by atoms with van der Waals surface area (Å²) in [4.78, 5) is 4.27. The molecular weight excluding hydrogens is 206 g/mol. The molecule has 1 heterocycles. The van der Waals surface area contributed by atoms with Gasteiger partial charge in [-0.3, -0.25) is 0 Å². The molecule has 1 aromatic rings. The van der Waals surface area contributed by atoms with Crippen LogP contribution >= 0.6 is 0 Å². The van der Waals surface area contributed by atoms with Crippen molar-refractivity contribution >= 4 is 11.5 Å². The van der Waals surface area contributed by atoms with Crippen molar-refractivity contribution in [2.45, 2.75) is 19.4 Å². The lowest BCUT2D eigenvalue weighted by atomic mass is 10.2. The molecule has 0 radical (unpaired) electrons. The van der Waals surface area contributed by atoms with Gasteiger partial charge in [-0.05, 0) is 25.5 Å². The first kappa shape index (κ1) is 12.7. The number of rotatable bonds is 6. The highest BCUT2D eigenvalue weighted by atomic mass is 16.5. The largest absolute Gasteiger partial charge is 0.396 e. The molecule has 1 unspecified atom stereocenters. The number of aliphatic hydroxyl groups excluding tert-OH is 1. The summed E-state index contributed by atoms with van der Waals surface area (Å²) in [6.45, 7) is 2.87. The van der Waals surface area contributed by atoms with Crippen LogP contribution in [-0.4, -0.2) is 36.5 Å². The number of anilines is 2. The average molecular weight is 225 g/mol. The molecule has 0 aromatic carbocycles. The Morgan fingerprint density at radius 3 is 3.00 bits per heavy atom. The number of nitrogen functional groups attached to an aromatic ring is 1. The van der Waals surface area contributed by atoms with Gasteiger partial charge in [0.05, 0.1) is 18.4 Å². The van der Waals surface area contributed by atoms with Gasteiger partial charge in [0, 0.05) is 19.3 Å². The molecule has 0 aliphatic rings. The van der Waals surface area contributed by atoms with Crippen molar-refractivity contribution in [3.8, 4) is 0 Å². The summed E-state index contributed by atoms with van der Waals surface area (Å²) >= 11 is 0. The molecule has 90 valence electrons. The lowest BCUT2D eigenvalue weighted by molar-refractivity contribution is 0.0615. The number of aliphatic hydroxyl groups is 1. The fourth-order valence-electron chi connectivity index (χ4n) is 1.34. The molecule has 0 bridgehead atoms. The maximum absolute atomic E-state index is 9.43. The Kier molecular flexibility index (Phi) is 5.01. The number of aryl methyl sites for hydroxylation is 1. The fraction of sp³-hybridized carbons (Fsp3) is 0.545. The molecule has 1 atom stereocenters. The summed E-state index contributed by atoms with van der Waals surface area (Å²) < 4.78 is 4.83. The number of nitrogens with two attached hydrogens (primary N) is 1. The Morgan fingerprint density at radius 2 is 2.31 bits per heavy atom. The van der Waals surface area contributed by atoms with Crippen molar-refractivity contribution in [2.75, 3.05) is 31.3 Å². The zero-order chi connectivity index (χ0) is 12.0. The van der Waals surface area contributed by atoms with Gasteiger partial charge in [-0.1, -0.05) is 0 Å². The van der Waals surface area contributed by atoms with Gasteiger partial charge in [-0.25, -0.2) is 4.98 Å². The van der Waals surface area contributed by atoms with Gasteiger partial charge in [-0.2, -0.15) is 0 Å². The molecule has 0 aliphatic carbocycles. The zero-order valence-corrected chi connectivity index (χ0v) is 9.73. The first-order valence-electron chi connectivity index (χ1n) is 5.27. The minimum Gasteiger partial charge on any atom is -0.396 e. The van der Waals surface area contributed by atoms with Crippen LogP contribution in [0.4, 0.5) is 11.5 Å². The first-order chi connectivity index (χ1) is 7.63. The highest BCUT2D eigenvalue weighted by Gasteiger charge is 2.04. The van der Waals surface area contributed by atoms with Gasteiger partial charge in [-0.15, -0.1) is 0 Å². The van der Waals surface area contributed by atoms with Crippen LogP contribution in [0.3, 0.4) is 0 Å². The van der Waals surface area contributed by atoms with Gasteiger partial charge in [0.1, 0.15) is 5.82 Å². The lowest BCUT2D eigenvalue weighted by Crippen LogP contribution is -2.19. The second-order valence-electron chi connectivity index (χ2n) is 3.72. The van der Waals surface area contributed by atoms with E-state index in [4.69, 9.17) is 10.5 Å². The summed E-state index contributed by atoms with van der Waals surface area (Å²) in [6, 6.07) is 3.68. The molecule has 0 saturated heterocycles. The molecule has 0 spiro atoms. The van der Waals surface area contributed by atoms with Crippen molar-refractivity contribution in [3.63, 3.8) is 0 Å². The fourth-order valence-corrected chi connectivity index (χ4v) is 1.34. The number of aromatic nitrogens is 1. The Balaban J connectivity index is 2.39. The molecule has 1 aromatic heterocycles. The quantitative estimate of drug-likeness (QED) is 0.666. The Labute approximate surface area is 95.6 Å². The van der Waals surface area contributed by atoms with Gasteiger partial charge in [0.2, 0.25) is 0 Å². The van der Waals surface area contributed by atoms with Crippen molar-refractivity contribution in [1.82, 2.24) is 4.98 Å². The number of ether oxygens (including phenoxy) is 1. The third-order valence-corrected chi connectivity index (χ3v) is 2.19. The van der Waals surface area contributed by atoms with E-state index in [2.05, 4.69) is 10.3 Å². The van der Waals surface area contributed by atoms with E-state index in [1.54, 1.807) is 7.11 Å². The molecule has 0 amide bonds. The van der Waals surface area contributed by atoms with E-state index in [0.717, 1.165) is 5.69 Å². The van der Waals surface area contributed by atoms with Crippen molar-refractivity contribution < 1.29 is 9.84 Å². The summed E-state index contributed by atoms with van der Waals surface area (Å²) in [6.07, 6.45) is 0.145. The normalized spacial score (nSPS) is 12.4. The Hall–Kier alpha value is -1.33. The molecule has 5 heteroatoms. The lowest BCUT2D eigenvalue weighted by Gasteiger charge is -2.12. The van der Waals surface area contributed by atoms with Gasteiger partial charge >= 0.3 is 0 Å². The monoisotopic (exact) mass is 225 g/mol. The second kappa shape index (κ2) is 6.30. The second-order valence-corrected chi connectivity index (χ2v) is 3.72. The zero-order valence-electron chi connectivity index (χ0n) is 9.73. The van der Waals surface area contributed by atoms with E-state index in [-0.39, 0.29) is 0 Å². The predicted molar refractivity (Wildman–Crippen MR) is 64.4 cm³/mol. The molecule has 4 N–H and O–H groups in total. The first-order valence-corrected chi connectivity index (χ1v) is 5.27. The molecule has 1 rings (SSSR count). The van der Waals surface area contributed by atoms with Crippen molar-refractivity contribution in [2.24, 2.45) is 0 Å². The summed E-state index contributed by atoms with van der Waals surface area (Å²) in [5.74, 6) is 0.671. The van der Waals surface area contributed by atoms with Crippen LogP contribution in [0.25, 0.3) is 0 Å². The molecule has 0 aliphatic heterocycles. The standard InChI is InChI=1S/C11H19N3O2/c1-8-3-4-10(12)11(14-8)13-6-5-9(15)7-16-2/h3-4,9,15H,5-7,12H2,1-2H3,(H,13,14). The van der Waals surface area contributed by atoms with E-state index >= 15 is 0 Å². The predicted octanol–water partition coefficient (Wildman–Crippen LogP) is 0.782. The van der Waals surface area contributed by atoms with Crippen molar-refractivity contribution in [1.29, 1.82) is 0 Å². The molecule has 0 fully saturated rings. The highest BCUT2D eigenvalue weighted by Crippen LogP contribution is 2.15. The maximum Gasteiger partial charge on any atom is 0.149 e. The van der Waals surface area contributed by atoms with Crippen LogP contribution in [0.2, 0.25) is 0 Å². The summed E-state index contributed by atoms with van der Waals surface area (Å²) in [5, 5.41) is 12.5. The van der Waals surface area contributed by atoms with Gasteiger partial charge in [0.25, 0.3) is 0 Å². The number of nitrogens with zero attached hydrogens (tertiary/aromatic N) is 1. The minimum atomic E-state index is -0.455. The van der Waals surface area contributed by atoms with Crippen LogP contribution in [-0.2, 0) is 4.74 Å². The topological polar surface area (TPSA) is 80.4 Å². The van der Waals surface area contributed by atoms with E-state index < -0.39 is 6.10 Å². The summed E-state index contributed by atoms with van der Waals surface area (Å²) in [5.41, 5.74) is 7.28. The van der Waals surface area contributed by atoms with Crippen LogP contribution in [0.5, 0.6) is 0 Å². The smallest absolute Gasteiger partial charge is 0.149 e. The van der Waals surface area contributed by atoms with Crippen LogP contribution in [0.1, 0.15) is 12.1 Å². The van der Waals surface area contributed by atoms with Crippen LogP contribution in [0, 0.1) is 6.92 Å². The van der Waals surface area contributed by atoms with E-state index in [9.17, 15) is 5.11 Å². The number of methoxy groups -OCH3 is 1. The molecule has 0 saturated carbocycles. The van der Waals surface area contributed by atoms with E-state index in [1.165, 1.54) is 0 Å². The Bertz CT molecular complexity index is 331. The van der Waals surface area contributed by atoms with Gasteiger partial charge in [0.15, 0.2) is 0 Å². The number of nitrogens with one attached hydrogen (secondary N) is 1. The maximum atomic E-state index is 9.43. The SMILES string of the molecule is COCC(O)CCNc1nc(C)ccc1N. The highest BCUT2D eigenvalue weighted by molar-refractivity contribution is 5.61. The van der Waals surface area contributed by atoms with E-state index in [0.29, 0.717) is 31.1 Å². The number of hydrogen-bond acceptors (Lipinski definition) is 5. The number of hydrogen-bond donors (Lipinski definition) is 3. The number of pyridine rings is 1. The third kappa shape index (κ3) is 4.04. The molecular formula is C11H19N3O2. The Morgan fingerprint density at radius 1 is 1.56 bits per heavy atom. The van der Waals surface area contributed by atoms with Crippen LogP contribution in [0.15, 0.2) is 12.1 Å². The minimum absolute atomic E-state index is 0.346.